The molecule has 0 aromatic rings. The summed E-state index contributed by atoms with van der Waals surface area (Å²) in [6.07, 6.45) is 37.5. The van der Waals surface area contributed by atoms with Crippen molar-refractivity contribution in [1.29, 1.82) is 0 Å². The number of aliphatic hydroxyl groups is 1. The minimum Gasteiger partial charge on any atom is -0.465 e. The maximum atomic E-state index is 12.9. The van der Waals surface area contributed by atoms with Crippen molar-refractivity contribution in [2.45, 2.75) is 233 Å². The third-order valence-corrected chi connectivity index (χ3v) is 11.1. The Morgan fingerprint density at radius 3 is 1.22 bits per heavy atom. The zero-order valence-electron chi connectivity index (χ0n) is 36.8. The molecule has 7 heteroatoms. The van der Waals surface area contributed by atoms with E-state index in [0.29, 0.717) is 13.2 Å². The number of hydrogen-bond acceptors (Lipinski definition) is 6. The highest BCUT2D eigenvalue weighted by Gasteiger charge is 2.19. The Balaban J connectivity index is 4.24. The quantitative estimate of drug-likeness (QED) is 0.0492. The molecule has 322 valence electrons. The summed E-state index contributed by atoms with van der Waals surface area (Å²) in [6, 6.07) is 0. The lowest BCUT2D eigenvalue weighted by Crippen LogP contribution is -2.33. The third-order valence-electron chi connectivity index (χ3n) is 11.1. The number of esters is 1. The van der Waals surface area contributed by atoms with Crippen molar-refractivity contribution in [2.75, 3.05) is 52.5 Å². The minimum atomic E-state index is -0.116. The molecule has 0 fully saturated rings. The van der Waals surface area contributed by atoms with Gasteiger partial charge in [0.05, 0.1) is 25.7 Å². The summed E-state index contributed by atoms with van der Waals surface area (Å²) >= 11 is 0. The van der Waals surface area contributed by atoms with Crippen LogP contribution in [0.1, 0.15) is 233 Å². The predicted molar refractivity (Wildman–Crippen MR) is 231 cm³/mol. The summed E-state index contributed by atoms with van der Waals surface area (Å²) in [5.74, 6) is 0.126. The van der Waals surface area contributed by atoms with Crippen LogP contribution in [0.4, 0.5) is 4.79 Å². The molecular formula is C47H94N2O5. The highest BCUT2D eigenvalue weighted by Crippen LogP contribution is 2.21. The van der Waals surface area contributed by atoms with Crippen LogP contribution in [0, 0.1) is 5.92 Å². The summed E-state index contributed by atoms with van der Waals surface area (Å²) in [4.78, 5) is 30.2. The molecule has 0 radical (unpaired) electrons. The second-order valence-electron chi connectivity index (χ2n) is 16.3. The fraction of sp³-hybridized carbons (Fsp3) is 0.957. The molecule has 7 nitrogen and oxygen atoms in total. The van der Waals surface area contributed by atoms with E-state index in [0.717, 1.165) is 123 Å². The average molecular weight is 767 g/mol. The van der Waals surface area contributed by atoms with Gasteiger partial charge in [0.15, 0.2) is 0 Å². The topological polar surface area (TPSA) is 79.3 Å². The number of aliphatic hydroxyl groups excluding tert-OH is 1. The maximum absolute atomic E-state index is 12.9. The van der Waals surface area contributed by atoms with Crippen molar-refractivity contribution in [3.05, 3.63) is 0 Å². The van der Waals surface area contributed by atoms with E-state index in [4.69, 9.17) is 9.47 Å². The number of ether oxygens (including phenoxy) is 2. The largest absolute Gasteiger partial charge is 0.465 e. The molecule has 1 amide bonds. The Hall–Kier alpha value is -1.34. The van der Waals surface area contributed by atoms with Gasteiger partial charge in [0.25, 0.3) is 0 Å². The van der Waals surface area contributed by atoms with Crippen LogP contribution in [-0.2, 0) is 14.3 Å². The fourth-order valence-electron chi connectivity index (χ4n) is 7.43. The molecule has 0 saturated heterocycles. The van der Waals surface area contributed by atoms with Crippen LogP contribution >= 0.6 is 0 Å². The molecule has 54 heavy (non-hydrogen) atoms. The number of carbonyl (C=O) groups excluding carboxylic acids is 2. The van der Waals surface area contributed by atoms with Crippen LogP contribution in [0.3, 0.4) is 0 Å². The van der Waals surface area contributed by atoms with Crippen LogP contribution in [0.5, 0.6) is 0 Å². The number of rotatable bonds is 43. The second-order valence-corrected chi connectivity index (χ2v) is 16.3. The van der Waals surface area contributed by atoms with Crippen LogP contribution in [0.25, 0.3) is 0 Å². The first-order valence-corrected chi connectivity index (χ1v) is 23.9. The molecule has 0 aliphatic rings. The molecule has 1 N–H and O–H groups in total. The molecule has 0 aliphatic carbocycles. The average Bonchev–Trinajstić information content (AvgIpc) is 3.17. The Kier molecular flexibility index (Phi) is 41.7. The predicted octanol–water partition coefficient (Wildman–Crippen LogP) is 13.4. The molecule has 0 spiro atoms. The van der Waals surface area contributed by atoms with Crippen molar-refractivity contribution in [2.24, 2.45) is 5.92 Å². The highest BCUT2D eigenvalue weighted by atomic mass is 16.6. The molecule has 0 heterocycles. The van der Waals surface area contributed by atoms with E-state index in [-0.39, 0.29) is 24.6 Å². The van der Waals surface area contributed by atoms with Crippen molar-refractivity contribution < 1.29 is 24.2 Å². The number of carbonyl (C=O) groups is 2. The van der Waals surface area contributed by atoms with Gasteiger partial charge in [-0.1, -0.05) is 182 Å². The monoisotopic (exact) mass is 767 g/mol. The summed E-state index contributed by atoms with van der Waals surface area (Å²) < 4.78 is 11.5. The summed E-state index contributed by atoms with van der Waals surface area (Å²) in [5, 5.41) is 9.62. The second kappa shape index (κ2) is 42.8. The van der Waals surface area contributed by atoms with Gasteiger partial charge in [0.2, 0.25) is 0 Å². The van der Waals surface area contributed by atoms with Gasteiger partial charge >= 0.3 is 12.1 Å². The van der Waals surface area contributed by atoms with Gasteiger partial charge in [-0.05, 0) is 64.5 Å². The van der Waals surface area contributed by atoms with Crippen LogP contribution in [0.15, 0.2) is 0 Å². The molecule has 0 bridgehead atoms. The van der Waals surface area contributed by atoms with Gasteiger partial charge in [0.1, 0.15) is 0 Å². The van der Waals surface area contributed by atoms with Crippen molar-refractivity contribution in [3.63, 3.8) is 0 Å². The lowest BCUT2D eigenvalue weighted by atomic mass is 9.94. The van der Waals surface area contributed by atoms with Gasteiger partial charge < -0.3 is 24.4 Å². The van der Waals surface area contributed by atoms with Crippen molar-refractivity contribution in [1.82, 2.24) is 9.80 Å². The normalized spacial score (nSPS) is 12.0. The van der Waals surface area contributed by atoms with E-state index < -0.39 is 0 Å². The number of nitrogens with zero attached hydrogens (tertiary/aromatic N) is 2. The van der Waals surface area contributed by atoms with Gasteiger partial charge in [0, 0.05) is 19.6 Å². The van der Waals surface area contributed by atoms with Gasteiger partial charge in [-0.25, -0.2) is 4.79 Å². The Bertz CT molecular complexity index is 765. The first-order valence-electron chi connectivity index (χ1n) is 23.9. The summed E-state index contributed by atoms with van der Waals surface area (Å²) in [6.45, 7) is 14.6. The number of unbranched alkanes of at least 4 members (excludes halogenated alkanes) is 24. The Morgan fingerprint density at radius 1 is 0.426 bits per heavy atom. The van der Waals surface area contributed by atoms with E-state index in [1.807, 2.05) is 4.90 Å². The van der Waals surface area contributed by atoms with Crippen LogP contribution in [0.2, 0.25) is 0 Å². The number of amides is 1. The van der Waals surface area contributed by atoms with E-state index >= 15 is 0 Å². The molecule has 0 saturated carbocycles. The molecule has 0 aromatic heterocycles. The van der Waals surface area contributed by atoms with Crippen LogP contribution < -0.4 is 0 Å². The van der Waals surface area contributed by atoms with Crippen LogP contribution in [-0.4, -0.2) is 79.5 Å². The Labute approximate surface area is 336 Å². The smallest absolute Gasteiger partial charge is 0.409 e. The Morgan fingerprint density at radius 2 is 0.778 bits per heavy atom. The minimum absolute atomic E-state index is 0.0429. The van der Waals surface area contributed by atoms with Crippen molar-refractivity contribution in [3.8, 4) is 0 Å². The molecular weight excluding hydrogens is 673 g/mol. The maximum Gasteiger partial charge on any atom is 0.409 e. The first-order chi connectivity index (χ1) is 26.5. The van der Waals surface area contributed by atoms with E-state index in [2.05, 4.69) is 32.6 Å². The molecule has 1 unspecified atom stereocenters. The first kappa shape index (κ1) is 52.7. The van der Waals surface area contributed by atoms with Crippen molar-refractivity contribution >= 4 is 12.1 Å². The van der Waals surface area contributed by atoms with Gasteiger partial charge in [-0.15, -0.1) is 0 Å². The zero-order valence-corrected chi connectivity index (χ0v) is 36.8. The molecule has 0 rings (SSSR count). The fourth-order valence-corrected chi connectivity index (χ4v) is 7.43. The van der Waals surface area contributed by atoms with E-state index in [1.54, 1.807) is 0 Å². The SMILES string of the molecule is CCCCCCCCC(CCCCCC)C(=O)OCCCCCCN(CCO)CCCCCCOC(=O)N(CCCCCCCC)CCCCCCCC. The van der Waals surface area contributed by atoms with Gasteiger partial charge in [-0.2, -0.15) is 0 Å². The lowest BCUT2D eigenvalue weighted by molar-refractivity contribution is -0.149. The zero-order chi connectivity index (χ0) is 39.6. The highest BCUT2D eigenvalue weighted by molar-refractivity contribution is 5.72. The van der Waals surface area contributed by atoms with E-state index in [1.165, 1.54) is 116 Å². The summed E-state index contributed by atoms with van der Waals surface area (Å²) in [7, 11) is 0. The molecule has 0 aromatic carbocycles. The molecule has 0 aliphatic heterocycles. The van der Waals surface area contributed by atoms with Gasteiger partial charge in [-0.3, -0.25) is 4.79 Å². The third kappa shape index (κ3) is 35.1. The number of hydrogen-bond donors (Lipinski definition) is 1. The van der Waals surface area contributed by atoms with E-state index in [9.17, 15) is 14.7 Å². The standard InChI is InChI=1S/C47H94N2O5/c1-5-9-13-17-20-28-36-45(35-27-16-12-8-4)46(51)53-43-33-25-23-29-37-48(41-42-50)38-30-24-26-34-44-54-47(52)49(39-31-21-18-14-10-6-2)40-32-22-19-15-11-7-3/h45,50H,5-44H2,1-4H3. The summed E-state index contributed by atoms with van der Waals surface area (Å²) in [5.41, 5.74) is 0. The molecule has 1 atom stereocenters. The lowest BCUT2D eigenvalue weighted by Gasteiger charge is -2.22.